The van der Waals surface area contributed by atoms with E-state index in [-0.39, 0.29) is 0 Å². The van der Waals surface area contributed by atoms with E-state index in [2.05, 4.69) is 17.0 Å². The molecule has 0 aliphatic rings. The number of aromatic nitrogens is 4. The third kappa shape index (κ3) is 2.10. The minimum absolute atomic E-state index is 0.474. The topological polar surface area (TPSA) is 55.9 Å². The zero-order valence-corrected chi connectivity index (χ0v) is 11.7. The second kappa shape index (κ2) is 5.09. The number of aliphatic hydroxyl groups is 1. The highest BCUT2D eigenvalue weighted by Gasteiger charge is 2.18. The van der Waals surface area contributed by atoms with Crippen molar-refractivity contribution < 1.29 is 5.11 Å². The van der Waals surface area contributed by atoms with Crippen molar-refractivity contribution in [2.45, 2.75) is 26.0 Å². The average molecular weight is 270 g/mol. The second-order valence-electron chi connectivity index (χ2n) is 4.88. The van der Waals surface area contributed by atoms with Gasteiger partial charge in [-0.05, 0) is 13.0 Å². The maximum absolute atomic E-state index is 10.5. The van der Waals surface area contributed by atoms with E-state index in [9.17, 15) is 5.11 Å². The number of benzene rings is 1. The lowest BCUT2D eigenvalue weighted by molar-refractivity contribution is 0.170. The number of imidazole rings is 1. The van der Waals surface area contributed by atoms with E-state index < -0.39 is 6.10 Å². The Balaban J connectivity index is 1.95. The Kier molecular flexibility index (Phi) is 3.28. The minimum Gasteiger partial charge on any atom is -0.386 e. The van der Waals surface area contributed by atoms with Crippen molar-refractivity contribution in [3.63, 3.8) is 0 Å². The Morgan fingerprint density at radius 2 is 2.10 bits per heavy atom. The van der Waals surface area contributed by atoms with E-state index in [1.807, 2.05) is 42.1 Å². The summed E-state index contributed by atoms with van der Waals surface area (Å²) < 4.78 is 3.84. The number of nitrogens with zero attached hydrogens (tertiary/aromatic N) is 4. The molecule has 5 nitrogen and oxygen atoms in total. The van der Waals surface area contributed by atoms with Gasteiger partial charge in [-0.15, -0.1) is 0 Å². The van der Waals surface area contributed by atoms with Crippen molar-refractivity contribution in [1.29, 1.82) is 0 Å². The van der Waals surface area contributed by atoms with Crippen molar-refractivity contribution in [3.05, 3.63) is 48.2 Å². The van der Waals surface area contributed by atoms with E-state index in [0.717, 1.165) is 23.3 Å². The van der Waals surface area contributed by atoms with Gasteiger partial charge in [-0.3, -0.25) is 4.68 Å². The van der Waals surface area contributed by atoms with Crippen LogP contribution in [0.1, 0.15) is 24.5 Å². The highest BCUT2D eigenvalue weighted by molar-refractivity contribution is 5.82. The number of fused-ring (bicyclic) bond motifs is 1. The molecule has 0 bridgehead atoms. The van der Waals surface area contributed by atoms with Crippen LogP contribution in [0.3, 0.4) is 0 Å². The number of hydrogen-bond donors (Lipinski definition) is 1. The molecular formula is C15H18N4O. The Hall–Kier alpha value is -2.14. The molecular weight excluding hydrogens is 252 g/mol. The van der Waals surface area contributed by atoms with Gasteiger partial charge in [-0.2, -0.15) is 5.10 Å². The second-order valence-corrected chi connectivity index (χ2v) is 4.88. The molecule has 5 heteroatoms. The fourth-order valence-electron chi connectivity index (χ4n) is 2.58. The first-order valence-corrected chi connectivity index (χ1v) is 6.80. The van der Waals surface area contributed by atoms with Gasteiger partial charge in [0.25, 0.3) is 0 Å². The third-order valence-corrected chi connectivity index (χ3v) is 3.62. The molecule has 0 radical (unpaired) electrons. The molecule has 1 aromatic carbocycles. The molecule has 20 heavy (non-hydrogen) atoms. The normalized spacial score (nSPS) is 12.9. The molecule has 3 rings (SSSR count). The SMILES string of the molecule is CCn1ccnc1CC(O)c1nn(C)c2ccccc12. The summed E-state index contributed by atoms with van der Waals surface area (Å²) in [6, 6.07) is 7.94. The lowest BCUT2D eigenvalue weighted by atomic mass is 10.1. The maximum Gasteiger partial charge on any atom is 0.111 e. The summed E-state index contributed by atoms with van der Waals surface area (Å²) in [7, 11) is 1.89. The smallest absolute Gasteiger partial charge is 0.111 e. The molecule has 0 saturated heterocycles. The van der Waals surface area contributed by atoms with Crippen LogP contribution >= 0.6 is 0 Å². The summed E-state index contributed by atoms with van der Waals surface area (Å²) >= 11 is 0. The van der Waals surface area contributed by atoms with Gasteiger partial charge in [0.05, 0.1) is 11.2 Å². The quantitative estimate of drug-likeness (QED) is 0.789. The highest BCUT2D eigenvalue weighted by Crippen LogP contribution is 2.25. The zero-order chi connectivity index (χ0) is 14.1. The lowest BCUT2D eigenvalue weighted by Gasteiger charge is -2.09. The van der Waals surface area contributed by atoms with Crippen molar-refractivity contribution in [2.24, 2.45) is 7.05 Å². The highest BCUT2D eigenvalue weighted by atomic mass is 16.3. The van der Waals surface area contributed by atoms with Crippen LogP contribution in [0, 0.1) is 0 Å². The van der Waals surface area contributed by atoms with Crippen molar-refractivity contribution in [1.82, 2.24) is 19.3 Å². The Bertz CT molecular complexity index is 728. The number of rotatable bonds is 4. The minimum atomic E-state index is -0.645. The molecule has 0 amide bonds. The van der Waals surface area contributed by atoms with Gasteiger partial charge >= 0.3 is 0 Å². The van der Waals surface area contributed by atoms with Gasteiger partial charge < -0.3 is 9.67 Å². The first-order valence-electron chi connectivity index (χ1n) is 6.80. The molecule has 0 fully saturated rings. The van der Waals surface area contributed by atoms with Crippen LogP contribution in [0.15, 0.2) is 36.7 Å². The van der Waals surface area contributed by atoms with Crippen molar-refractivity contribution >= 4 is 10.9 Å². The molecule has 1 unspecified atom stereocenters. The summed E-state index contributed by atoms with van der Waals surface area (Å²) in [5, 5.41) is 15.9. The summed E-state index contributed by atoms with van der Waals surface area (Å²) in [5.41, 5.74) is 1.74. The Labute approximate surface area is 117 Å². The van der Waals surface area contributed by atoms with Gasteiger partial charge in [-0.1, -0.05) is 18.2 Å². The molecule has 0 spiro atoms. The summed E-state index contributed by atoms with van der Waals surface area (Å²) in [5.74, 6) is 0.884. The largest absolute Gasteiger partial charge is 0.386 e. The van der Waals surface area contributed by atoms with E-state index in [4.69, 9.17) is 0 Å². The summed E-state index contributed by atoms with van der Waals surface area (Å²) in [6.07, 6.45) is 3.52. The fraction of sp³-hybridized carbons (Fsp3) is 0.333. The van der Waals surface area contributed by atoms with Crippen LogP contribution in [0.25, 0.3) is 10.9 Å². The lowest BCUT2D eigenvalue weighted by Crippen LogP contribution is -2.09. The van der Waals surface area contributed by atoms with Gasteiger partial charge in [-0.25, -0.2) is 4.98 Å². The van der Waals surface area contributed by atoms with Crippen LogP contribution < -0.4 is 0 Å². The van der Waals surface area contributed by atoms with Crippen molar-refractivity contribution in [3.8, 4) is 0 Å². The molecule has 3 aromatic rings. The molecule has 0 saturated carbocycles. The molecule has 0 aliphatic carbocycles. The standard InChI is InChI=1S/C15H18N4O/c1-3-19-9-8-16-14(19)10-13(20)15-11-6-4-5-7-12(11)18(2)17-15/h4-9,13,20H,3,10H2,1-2H3. The first kappa shape index (κ1) is 12.9. The maximum atomic E-state index is 10.5. The van der Waals surface area contributed by atoms with Crippen LogP contribution in [-0.2, 0) is 20.0 Å². The molecule has 2 aromatic heterocycles. The average Bonchev–Trinajstić information content (AvgIpc) is 3.04. The van der Waals surface area contributed by atoms with Gasteiger partial charge in [0, 0.05) is 37.8 Å². The van der Waals surface area contributed by atoms with Crippen LogP contribution in [0.5, 0.6) is 0 Å². The van der Waals surface area contributed by atoms with Gasteiger partial charge in [0.1, 0.15) is 11.9 Å². The zero-order valence-electron chi connectivity index (χ0n) is 11.7. The molecule has 2 heterocycles. The van der Waals surface area contributed by atoms with E-state index in [1.54, 1.807) is 10.9 Å². The van der Waals surface area contributed by atoms with Crippen LogP contribution in [0.2, 0.25) is 0 Å². The van der Waals surface area contributed by atoms with E-state index in [1.165, 1.54) is 0 Å². The predicted molar refractivity (Wildman–Crippen MR) is 77.3 cm³/mol. The molecule has 1 N–H and O–H groups in total. The van der Waals surface area contributed by atoms with E-state index >= 15 is 0 Å². The summed E-state index contributed by atoms with van der Waals surface area (Å²) in [4.78, 5) is 4.31. The summed E-state index contributed by atoms with van der Waals surface area (Å²) in [6.45, 7) is 2.92. The van der Waals surface area contributed by atoms with Gasteiger partial charge in [0.15, 0.2) is 0 Å². The molecule has 104 valence electrons. The molecule has 0 aliphatic heterocycles. The van der Waals surface area contributed by atoms with Crippen LogP contribution in [-0.4, -0.2) is 24.4 Å². The number of para-hydroxylation sites is 1. The third-order valence-electron chi connectivity index (χ3n) is 3.62. The van der Waals surface area contributed by atoms with E-state index in [0.29, 0.717) is 12.1 Å². The first-order chi connectivity index (χ1) is 9.70. The Morgan fingerprint density at radius 1 is 1.30 bits per heavy atom. The molecule has 1 atom stereocenters. The monoisotopic (exact) mass is 270 g/mol. The predicted octanol–water partition coefficient (Wildman–Crippen LogP) is 2.07. The number of hydrogen-bond acceptors (Lipinski definition) is 3. The van der Waals surface area contributed by atoms with Gasteiger partial charge in [0.2, 0.25) is 0 Å². The van der Waals surface area contributed by atoms with Crippen molar-refractivity contribution in [2.75, 3.05) is 0 Å². The fourth-order valence-corrected chi connectivity index (χ4v) is 2.58. The van der Waals surface area contributed by atoms with Crippen LogP contribution in [0.4, 0.5) is 0 Å². The number of aryl methyl sites for hydroxylation is 2. The Morgan fingerprint density at radius 3 is 2.90 bits per heavy atom. The number of aliphatic hydroxyl groups excluding tert-OH is 1.